The number of carbonyl (C=O) groups excluding carboxylic acids is 1. The molecule has 0 fully saturated rings. The highest BCUT2D eigenvalue weighted by Crippen LogP contribution is 2.13. The van der Waals surface area contributed by atoms with Crippen molar-refractivity contribution >= 4 is 5.78 Å². The van der Waals surface area contributed by atoms with E-state index in [1.54, 1.807) is 6.07 Å². The Morgan fingerprint density at radius 2 is 2.07 bits per heavy atom. The summed E-state index contributed by atoms with van der Waals surface area (Å²) in [7, 11) is 0. The van der Waals surface area contributed by atoms with Crippen molar-refractivity contribution in [1.29, 1.82) is 5.26 Å². The van der Waals surface area contributed by atoms with E-state index in [9.17, 15) is 9.18 Å². The van der Waals surface area contributed by atoms with Crippen molar-refractivity contribution in [3.8, 4) is 6.07 Å². The van der Waals surface area contributed by atoms with E-state index in [2.05, 4.69) is 0 Å². The molecule has 1 aromatic rings. The van der Waals surface area contributed by atoms with E-state index in [1.165, 1.54) is 25.1 Å². The average molecular weight is 205 g/mol. The van der Waals surface area contributed by atoms with Crippen LogP contribution in [0, 0.1) is 17.1 Å². The Kier molecular flexibility index (Phi) is 3.19. The van der Waals surface area contributed by atoms with E-state index in [-0.39, 0.29) is 5.56 Å². The maximum atomic E-state index is 13.2. The molecule has 0 saturated heterocycles. The van der Waals surface area contributed by atoms with Gasteiger partial charge in [0, 0.05) is 0 Å². The number of nitrogens with zero attached hydrogens (tertiary/aromatic N) is 1. The van der Waals surface area contributed by atoms with E-state index >= 15 is 0 Å². The SMILES string of the molecule is CC(O)=C(C#N)C(=O)c1ccccc1F. The van der Waals surface area contributed by atoms with Gasteiger partial charge >= 0.3 is 0 Å². The second-order valence-electron chi connectivity index (χ2n) is 2.88. The number of ketones is 1. The number of hydrogen-bond acceptors (Lipinski definition) is 3. The van der Waals surface area contributed by atoms with Crippen LogP contribution in [0.5, 0.6) is 0 Å². The summed E-state index contributed by atoms with van der Waals surface area (Å²) in [6.45, 7) is 1.21. The summed E-state index contributed by atoms with van der Waals surface area (Å²) in [5.74, 6) is -1.93. The lowest BCUT2D eigenvalue weighted by molar-refractivity contribution is 0.103. The molecule has 0 unspecified atom stereocenters. The molecule has 0 aliphatic carbocycles. The topological polar surface area (TPSA) is 61.1 Å². The molecule has 0 aliphatic heterocycles. The van der Waals surface area contributed by atoms with Gasteiger partial charge in [-0.15, -0.1) is 0 Å². The zero-order valence-electron chi connectivity index (χ0n) is 7.99. The molecule has 0 saturated carbocycles. The molecule has 15 heavy (non-hydrogen) atoms. The number of aliphatic hydroxyl groups excluding tert-OH is 1. The number of rotatable bonds is 2. The quantitative estimate of drug-likeness (QED) is 0.349. The first-order valence-electron chi connectivity index (χ1n) is 4.17. The lowest BCUT2D eigenvalue weighted by Crippen LogP contribution is -2.06. The molecule has 0 spiro atoms. The monoisotopic (exact) mass is 205 g/mol. The predicted octanol–water partition coefficient (Wildman–Crippen LogP) is 2.36. The van der Waals surface area contributed by atoms with E-state index < -0.39 is 22.9 Å². The van der Waals surface area contributed by atoms with Crippen LogP contribution in [0.15, 0.2) is 35.6 Å². The summed E-state index contributed by atoms with van der Waals surface area (Å²) < 4.78 is 13.2. The molecule has 0 radical (unpaired) electrons. The van der Waals surface area contributed by atoms with Crippen LogP contribution < -0.4 is 0 Å². The van der Waals surface area contributed by atoms with Crippen molar-refractivity contribution in [2.24, 2.45) is 0 Å². The molecule has 76 valence electrons. The van der Waals surface area contributed by atoms with Gasteiger partial charge in [-0.3, -0.25) is 4.79 Å². The second kappa shape index (κ2) is 4.38. The van der Waals surface area contributed by atoms with Gasteiger partial charge < -0.3 is 5.11 Å². The minimum atomic E-state index is -0.810. The fourth-order valence-corrected chi connectivity index (χ4v) is 1.08. The summed E-state index contributed by atoms with van der Waals surface area (Å²) in [6.07, 6.45) is 0. The molecule has 1 rings (SSSR count). The summed E-state index contributed by atoms with van der Waals surface area (Å²) in [5.41, 5.74) is -0.664. The maximum Gasteiger partial charge on any atom is 0.209 e. The molecule has 0 heterocycles. The fourth-order valence-electron chi connectivity index (χ4n) is 1.08. The third-order valence-electron chi connectivity index (χ3n) is 1.82. The Bertz CT molecular complexity index is 468. The first-order valence-corrected chi connectivity index (χ1v) is 4.17. The summed E-state index contributed by atoms with van der Waals surface area (Å²) in [6, 6.07) is 6.84. The molecule has 4 heteroatoms. The number of halogens is 1. The zero-order chi connectivity index (χ0) is 11.4. The van der Waals surface area contributed by atoms with Gasteiger partial charge in [-0.1, -0.05) is 12.1 Å². The smallest absolute Gasteiger partial charge is 0.209 e. The van der Waals surface area contributed by atoms with E-state index in [0.717, 1.165) is 6.07 Å². The van der Waals surface area contributed by atoms with E-state index in [1.807, 2.05) is 0 Å². The summed E-state index contributed by atoms with van der Waals surface area (Å²) in [4.78, 5) is 11.6. The Hall–Kier alpha value is -2.15. The number of allylic oxidation sites excluding steroid dienone is 2. The molecule has 1 N–H and O–H groups in total. The van der Waals surface area contributed by atoms with Gasteiger partial charge in [0.2, 0.25) is 5.78 Å². The highest BCUT2D eigenvalue weighted by atomic mass is 19.1. The largest absolute Gasteiger partial charge is 0.511 e. The summed E-state index contributed by atoms with van der Waals surface area (Å²) in [5, 5.41) is 17.7. The predicted molar refractivity (Wildman–Crippen MR) is 51.7 cm³/mol. The number of carbonyl (C=O) groups is 1. The van der Waals surface area contributed by atoms with Gasteiger partial charge in [0.05, 0.1) is 5.56 Å². The van der Waals surface area contributed by atoms with Crippen LogP contribution in [-0.4, -0.2) is 10.9 Å². The van der Waals surface area contributed by atoms with Crippen LogP contribution in [0.25, 0.3) is 0 Å². The molecule has 0 amide bonds. The highest BCUT2D eigenvalue weighted by Gasteiger charge is 2.17. The Morgan fingerprint density at radius 1 is 1.47 bits per heavy atom. The van der Waals surface area contributed by atoms with Crippen molar-refractivity contribution < 1.29 is 14.3 Å². The Balaban J connectivity index is 3.23. The van der Waals surface area contributed by atoms with Crippen molar-refractivity contribution in [2.75, 3.05) is 0 Å². The lowest BCUT2D eigenvalue weighted by Gasteiger charge is -2.01. The van der Waals surface area contributed by atoms with Crippen LogP contribution in [-0.2, 0) is 0 Å². The van der Waals surface area contributed by atoms with Crippen LogP contribution in [0.4, 0.5) is 4.39 Å². The number of benzene rings is 1. The highest BCUT2D eigenvalue weighted by molar-refractivity contribution is 6.11. The third-order valence-corrected chi connectivity index (χ3v) is 1.82. The summed E-state index contributed by atoms with van der Waals surface area (Å²) >= 11 is 0. The zero-order valence-corrected chi connectivity index (χ0v) is 7.99. The molecule has 0 atom stereocenters. The number of hydrogen-bond donors (Lipinski definition) is 1. The van der Waals surface area contributed by atoms with Crippen LogP contribution in [0.1, 0.15) is 17.3 Å². The third kappa shape index (κ3) is 2.20. The number of Topliss-reactive ketones (excluding diaryl/α,β-unsaturated/α-hetero) is 1. The molecular weight excluding hydrogens is 197 g/mol. The van der Waals surface area contributed by atoms with Gasteiger partial charge in [0.25, 0.3) is 0 Å². The van der Waals surface area contributed by atoms with E-state index in [4.69, 9.17) is 10.4 Å². The standard InChI is InChI=1S/C11H8FNO2/c1-7(14)9(6-13)11(15)8-4-2-3-5-10(8)12/h2-5,14H,1H3. The van der Waals surface area contributed by atoms with Crippen molar-refractivity contribution in [1.82, 2.24) is 0 Å². The van der Waals surface area contributed by atoms with Gasteiger partial charge in [-0.25, -0.2) is 4.39 Å². The second-order valence-corrected chi connectivity index (χ2v) is 2.88. The van der Waals surface area contributed by atoms with Crippen LogP contribution in [0.3, 0.4) is 0 Å². The van der Waals surface area contributed by atoms with Gasteiger partial charge in [0.1, 0.15) is 23.2 Å². The Morgan fingerprint density at radius 3 is 2.53 bits per heavy atom. The molecule has 3 nitrogen and oxygen atoms in total. The molecule has 0 aliphatic rings. The maximum absolute atomic E-state index is 13.2. The Labute approximate surface area is 86.1 Å². The van der Waals surface area contributed by atoms with Gasteiger partial charge in [0.15, 0.2) is 0 Å². The molecule has 0 aromatic heterocycles. The molecular formula is C11H8FNO2. The fraction of sp³-hybridized carbons (Fsp3) is 0.0909. The molecule has 0 bridgehead atoms. The minimum Gasteiger partial charge on any atom is -0.511 e. The van der Waals surface area contributed by atoms with Crippen LogP contribution >= 0.6 is 0 Å². The van der Waals surface area contributed by atoms with E-state index in [0.29, 0.717) is 0 Å². The van der Waals surface area contributed by atoms with Crippen LogP contribution in [0.2, 0.25) is 0 Å². The van der Waals surface area contributed by atoms with Crippen molar-refractivity contribution in [3.05, 3.63) is 47.0 Å². The first kappa shape index (κ1) is 10.9. The van der Waals surface area contributed by atoms with Gasteiger partial charge in [-0.2, -0.15) is 5.26 Å². The number of nitriles is 1. The average Bonchev–Trinajstić information content (AvgIpc) is 2.18. The first-order chi connectivity index (χ1) is 7.07. The van der Waals surface area contributed by atoms with Gasteiger partial charge in [-0.05, 0) is 19.1 Å². The normalized spacial score (nSPS) is 11.5. The lowest BCUT2D eigenvalue weighted by atomic mass is 10.0. The van der Waals surface area contributed by atoms with Crippen molar-refractivity contribution in [3.63, 3.8) is 0 Å². The number of aliphatic hydroxyl groups is 1. The minimum absolute atomic E-state index is 0.220. The molecule has 1 aromatic carbocycles. The van der Waals surface area contributed by atoms with Crippen molar-refractivity contribution in [2.45, 2.75) is 6.92 Å².